The lowest BCUT2D eigenvalue weighted by Crippen LogP contribution is -2.54. The second-order valence-electron chi connectivity index (χ2n) is 12.4. The monoisotopic (exact) mass is 563 g/mol. The number of hydrogen-bond donors (Lipinski definition) is 1. The molecule has 5 aliphatic rings. The van der Waals surface area contributed by atoms with Crippen molar-refractivity contribution in [1.29, 1.82) is 0 Å². The summed E-state index contributed by atoms with van der Waals surface area (Å²) in [6, 6.07) is 4.84. The number of imide groups is 2. The van der Waals surface area contributed by atoms with Gasteiger partial charge in [0.1, 0.15) is 6.04 Å². The summed E-state index contributed by atoms with van der Waals surface area (Å²) in [5, 5.41) is 2.25. The van der Waals surface area contributed by atoms with Gasteiger partial charge in [-0.05, 0) is 107 Å². The molecular formula is C31H41N5O5. The lowest BCUT2D eigenvalue weighted by atomic mass is 9.87. The molecule has 0 aliphatic carbocycles. The summed E-state index contributed by atoms with van der Waals surface area (Å²) in [7, 11) is 0. The van der Waals surface area contributed by atoms with E-state index in [1.165, 1.54) is 12.8 Å². The van der Waals surface area contributed by atoms with E-state index in [2.05, 4.69) is 15.1 Å². The zero-order valence-corrected chi connectivity index (χ0v) is 23.8. The lowest BCUT2D eigenvalue weighted by molar-refractivity contribution is -0.136. The third kappa shape index (κ3) is 5.76. The normalized spacial score (nSPS) is 25.1. The number of nitrogens with one attached hydrogen (secondary N) is 1. The average Bonchev–Trinajstić information content (AvgIpc) is 3.25. The fraction of sp³-hybridized carbons (Fsp3) is 0.645. The van der Waals surface area contributed by atoms with Gasteiger partial charge in [-0.15, -0.1) is 0 Å². The molecule has 1 aromatic rings. The van der Waals surface area contributed by atoms with Gasteiger partial charge in [-0.1, -0.05) is 6.07 Å². The molecule has 4 saturated heterocycles. The molecule has 6 rings (SSSR count). The summed E-state index contributed by atoms with van der Waals surface area (Å²) in [5.41, 5.74) is 1.77. The summed E-state index contributed by atoms with van der Waals surface area (Å²) < 4.78 is 0. The second-order valence-corrected chi connectivity index (χ2v) is 12.4. The number of nitrogens with zero attached hydrogens (tertiary/aromatic N) is 4. The Morgan fingerprint density at radius 1 is 0.780 bits per heavy atom. The Kier molecular flexibility index (Phi) is 8.10. The molecule has 10 nitrogen and oxygen atoms in total. The molecule has 1 N–H and O–H groups in total. The van der Waals surface area contributed by atoms with Gasteiger partial charge in [0.15, 0.2) is 0 Å². The minimum atomic E-state index is -0.936. The third-order valence-corrected chi connectivity index (χ3v) is 9.89. The van der Waals surface area contributed by atoms with Gasteiger partial charge in [-0.2, -0.15) is 0 Å². The fourth-order valence-electron chi connectivity index (χ4n) is 7.30. The van der Waals surface area contributed by atoms with Crippen LogP contribution in [0.25, 0.3) is 0 Å². The largest absolute Gasteiger partial charge is 0.325 e. The van der Waals surface area contributed by atoms with Crippen LogP contribution in [0.15, 0.2) is 18.2 Å². The number of urea groups is 1. The quantitative estimate of drug-likeness (QED) is 0.552. The van der Waals surface area contributed by atoms with Crippen molar-refractivity contribution in [2.45, 2.75) is 76.2 Å². The zero-order chi connectivity index (χ0) is 28.5. The van der Waals surface area contributed by atoms with Crippen LogP contribution in [-0.4, -0.2) is 101 Å². The van der Waals surface area contributed by atoms with E-state index in [1.54, 1.807) is 6.07 Å². The molecule has 5 aliphatic heterocycles. The number of carbonyl (C=O) groups is 5. The van der Waals surface area contributed by atoms with E-state index in [0.29, 0.717) is 23.0 Å². The summed E-state index contributed by atoms with van der Waals surface area (Å²) in [6.45, 7) is 6.66. The number of carbonyl (C=O) groups excluding carboxylic acids is 5. The first-order valence-corrected chi connectivity index (χ1v) is 15.5. The highest BCUT2D eigenvalue weighted by atomic mass is 16.2. The fourth-order valence-corrected chi connectivity index (χ4v) is 7.30. The van der Waals surface area contributed by atoms with Crippen LogP contribution in [0.5, 0.6) is 0 Å². The van der Waals surface area contributed by atoms with Crippen LogP contribution in [0.4, 0.5) is 4.79 Å². The maximum absolute atomic E-state index is 13.2. The smallest absolute Gasteiger partial charge is 0.319 e. The van der Waals surface area contributed by atoms with Crippen LogP contribution in [0.2, 0.25) is 0 Å². The SMILES string of the molecule is O=C1CCC(N2C(=O)c3ccc(C4CCN(CCC5CCN(C(=O)N6CCCCC6)CC5)CC4)cc3C2=O)C(=O)N1. The van der Waals surface area contributed by atoms with Crippen molar-refractivity contribution >= 4 is 29.7 Å². The summed E-state index contributed by atoms with van der Waals surface area (Å²) in [5.74, 6) is -0.856. The molecular weight excluding hydrogens is 522 g/mol. The molecule has 1 unspecified atom stereocenters. The van der Waals surface area contributed by atoms with Gasteiger partial charge in [-0.25, -0.2) is 4.79 Å². The highest BCUT2D eigenvalue weighted by Gasteiger charge is 2.44. The summed E-state index contributed by atoms with van der Waals surface area (Å²) >= 11 is 0. The lowest BCUT2D eigenvalue weighted by Gasteiger charge is -2.38. The molecule has 5 heterocycles. The van der Waals surface area contributed by atoms with Gasteiger partial charge in [0.05, 0.1) is 11.1 Å². The van der Waals surface area contributed by atoms with Crippen LogP contribution in [-0.2, 0) is 9.59 Å². The number of rotatable bonds is 5. The molecule has 4 fully saturated rings. The number of piperidine rings is 4. The van der Waals surface area contributed by atoms with Gasteiger partial charge < -0.3 is 14.7 Å². The van der Waals surface area contributed by atoms with E-state index < -0.39 is 23.8 Å². The maximum Gasteiger partial charge on any atom is 0.319 e. The minimum Gasteiger partial charge on any atom is -0.325 e. The van der Waals surface area contributed by atoms with Gasteiger partial charge in [0.25, 0.3) is 11.8 Å². The highest BCUT2D eigenvalue weighted by molar-refractivity contribution is 6.23. The Morgan fingerprint density at radius 2 is 1.46 bits per heavy atom. The van der Waals surface area contributed by atoms with Gasteiger partial charge in [0.2, 0.25) is 11.8 Å². The highest BCUT2D eigenvalue weighted by Crippen LogP contribution is 2.34. The Morgan fingerprint density at radius 3 is 2.17 bits per heavy atom. The Hall–Kier alpha value is -3.27. The van der Waals surface area contributed by atoms with Crippen molar-refractivity contribution in [3.63, 3.8) is 0 Å². The van der Waals surface area contributed by atoms with Crippen LogP contribution >= 0.6 is 0 Å². The van der Waals surface area contributed by atoms with Crippen molar-refractivity contribution in [1.82, 2.24) is 24.9 Å². The minimum absolute atomic E-state index is 0.116. The predicted octanol–water partition coefficient (Wildman–Crippen LogP) is 2.98. The molecule has 0 aromatic heterocycles. The molecule has 10 heteroatoms. The molecule has 0 saturated carbocycles. The van der Waals surface area contributed by atoms with E-state index >= 15 is 0 Å². The Bertz CT molecular complexity index is 1210. The first-order valence-electron chi connectivity index (χ1n) is 15.5. The van der Waals surface area contributed by atoms with Crippen molar-refractivity contribution in [2.24, 2.45) is 5.92 Å². The topological polar surface area (TPSA) is 110 Å². The molecule has 1 aromatic carbocycles. The Labute approximate surface area is 241 Å². The maximum atomic E-state index is 13.2. The zero-order valence-electron chi connectivity index (χ0n) is 23.8. The Balaban J connectivity index is 0.969. The van der Waals surface area contributed by atoms with E-state index in [4.69, 9.17) is 0 Å². The van der Waals surface area contributed by atoms with Crippen molar-refractivity contribution in [3.8, 4) is 0 Å². The molecule has 220 valence electrons. The number of fused-ring (bicyclic) bond motifs is 1. The predicted molar refractivity (Wildman–Crippen MR) is 151 cm³/mol. The number of likely N-dealkylation sites (tertiary alicyclic amines) is 3. The van der Waals surface area contributed by atoms with Crippen LogP contribution in [0.3, 0.4) is 0 Å². The molecule has 0 spiro atoms. The van der Waals surface area contributed by atoms with Crippen molar-refractivity contribution < 1.29 is 24.0 Å². The van der Waals surface area contributed by atoms with Gasteiger partial charge >= 0.3 is 6.03 Å². The summed E-state index contributed by atoms with van der Waals surface area (Å²) in [6.07, 6.45) is 9.13. The number of amides is 6. The van der Waals surface area contributed by atoms with E-state index in [9.17, 15) is 24.0 Å². The van der Waals surface area contributed by atoms with Crippen LogP contribution < -0.4 is 5.32 Å². The standard InChI is InChI=1S/C31H41N5O5/c37-27-7-6-26(28(38)32-27)36-29(39)24-5-4-23(20-25(24)30(36)40)22-11-16-33(17-12-22)15-8-21-9-18-35(19-10-21)31(41)34-13-2-1-3-14-34/h4-5,20-22,26H,1-3,6-19H2,(H,32,37,38). The van der Waals surface area contributed by atoms with Gasteiger partial charge in [-0.3, -0.25) is 29.4 Å². The third-order valence-electron chi connectivity index (χ3n) is 9.89. The molecule has 6 amide bonds. The van der Waals surface area contributed by atoms with E-state index in [-0.39, 0.29) is 24.8 Å². The van der Waals surface area contributed by atoms with E-state index in [0.717, 1.165) is 94.8 Å². The molecule has 1 atom stereocenters. The second kappa shape index (κ2) is 11.9. The summed E-state index contributed by atoms with van der Waals surface area (Å²) in [4.78, 5) is 70.5. The number of benzene rings is 1. The van der Waals surface area contributed by atoms with Crippen molar-refractivity contribution in [3.05, 3.63) is 34.9 Å². The molecule has 0 bridgehead atoms. The average molecular weight is 564 g/mol. The van der Waals surface area contributed by atoms with Gasteiger partial charge in [0, 0.05) is 32.6 Å². The first kappa shape index (κ1) is 27.9. The van der Waals surface area contributed by atoms with E-state index in [1.807, 2.05) is 17.0 Å². The van der Waals surface area contributed by atoms with Crippen LogP contribution in [0, 0.1) is 5.92 Å². The molecule has 41 heavy (non-hydrogen) atoms. The number of hydrogen-bond acceptors (Lipinski definition) is 6. The van der Waals surface area contributed by atoms with Crippen molar-refractivity contribution in [2.75, 3.05) is 45.8 Å². The van der Waals surface area contributed by atoms with Crippen LogP contribution in [0.1, 0.15) is 96.4 Å². The first-order chi connectivity index (χ1) is 19.9. The molecule has 0 radical (unpaired) electrons.